The molecule has 0 unspecified atom stereocenters. The predicted octanol–water partition coefficient (Wildman–Crippen LogP) is 15.4. The number of para-hydroxylation sites is 4. The summed E-state index contributed by atoms with van der Waals surface area (Å²) < 4.78 is 62.0. The fraction of sp³-hybridized carbons (Fsp3) is 0.0526. The topological polar surface area (TPSA) is 482 Å². The molecule has 0 aliphatic heterocycles. The molecule has 0 atom stereocenters. The van der Waals surface area contributed by atoms with Crippen LogP contribution < -0.4 is 65.7 Å². The van der Waals surface area contributed by atoms with Crippen molar-refractivity contribution in [2.45, 2.75) is 19.3 Å². The van der Waals surface area contributed by atoms with Gasteiger partial charge in [0.2, 0.25) is 11.6 Å². The van der Waals surface area contributed by atoms with Crippen molar-refractivity contribution in [2.75, 3.05) is 14.2 Å². The van der Waals surface area contributed by atoms with Crippen molar-refractivity contribution >= 4 is 145 Å². The molecule has 0 spiro atoms. The molecule has 0 saturated carbocycles. The van der Waals surface area contributed by atoms with E-state index in [1.807, 2.05) is 12.1 Å². The Morgan fingerprint density at radius 2 is 0.578 bits per heavy atom. The second kappa shape index (κ2) is 35.3. The maximum Gasteiger partial charge on any atom is 0.347 e. The Morgan fingerprint density at radius 1 is 0.281 bits per heavy atom. The number of fused-ring (bicyclic) bond motifs is 10. The molecular weight excluding hydrogens is 1700 g/mol. The minimum absolute atomic E-state index is 0.0382. The van der Waals surface area contributed by atoms with Gasteiger partial charge >= 0.3 is 56.3 Å². The van der Waals surface area contributed by atoms with Crippen LogP contribution in [0.1, 0.15) is 65.2 Å². The molecule has 0 saturated heterocycles. The van der Waals surface area contributed by atoms with E-state index in [-0.39, 0.29) is 148 Å². The molecule has 0 fully saturated rings. The highest BCUT2D eigenvalue weighted by Crippen LogP contribution is 2.36. The standard InChI is InChI=1S/C21H14O7.C19H8Cl2O5.C19H12O6.C19H12O5.C17H10N2O6/c1-25-13-5-3-11-7-15(20(23)27-17(11)9-13)19(22)16-8-12-4-6-14(26-2)10-18(12)28-21(16)24;20-11-1-3-15-9(5-11)7-13(18(23)25-15)17(22)14-8-10-6-12(21)2-4-16(10)26-19(14)24;20-16-10-5-1-3-7-14(10)24-18(22)12(16)9-13-17(21)11-6-2-4-8-15(11)25-19(13)23;20-17-13-6-2-4-8-16(13)24-19(22)14(17)10-12-9-11-5-1-3-7-15(11)23-18(12)21;20-14-8(16(22)24-10-3-1-5-18-12(10)14)7-9-15(21)13-11(25-17(9)23)4-2-6-19-13/h3-10H,1-2H3;1-8H;1-8,20-21H,9H2;1-9,20H,10H2;1-6,20-21H,7H2. The number of halogens is 2. The van der Waals surface area contributed by atoms with Crippen molar-refractivity contribution in [3.63, 3.8) is 0 Å². The fourth-order valence-electron chi connectivity index (χ4n) is 13.7. The van der Waals surface area contributed by atoms with Crippen LogP contribution in [0.5, 0.6) is 40.2 Å². The molecule has 0 aliphatic rings. The second-order valence-corrected chi connectivity index (χ2v) is 28.9. The van der Waals surface area contributed by atoms with E-state index < -0.39 is 79.3 Å². The van der Waals surface area contributed by atoms with Gasteiger partial charge in [0.1, 0.15) is 107 Å². The summed E-state index contributed by atoms with van der Waals surface area (Å²) >= 11 is 11.9. The predicted molar refractivity (Wildman–Crippen MR) is 467 cm³/mol. The summed E-state index contributed by atoms with van der Waals surface area (Å²) in [5.41, 5.74) is -6.44. The average Bonchev–Trinajstić information content (AvgIpc) is 0.805. The molecule has 12 heterocycles. The normalized spacial score (nSPS) is 11.1. The van der Waals surface area contributed by atoms with Crippen molar-refractivity contribution < 1.29 is 88.8 Å². The molecule has 128 heavy (non-hydrogen) atoms. The van der Waals surface area contributed by atoms with Gasteiger partial charge in [-0.05, 0) is 158 Å². The number of carbonyl (C=O) groups is 2. The lowest BCUT2D eigenvalue weighted by molar-refractivity contribution is 0.102. The van der Waals surface area contributed by atoms with E-state index >= 15 is 0 Å². The second-order valence-electron chi connectivity index (χ2n) is 28.0. The van der Waals surface area contributed by atoms with Crippen molar-refractivity contribution in [3.05, 3.63) is 407 Å². The van der Waals surface area contributed by atoms with Gasteiger partial charge in [0.15, 0.2) is 22.7 Å². The van der Waals surface area contributed by atoms with E-state index in [4.69, 9.17) is 76.8 Å². The zero-order valence-electron chi connectivity index (χ0n) is 65.8. The SMILES string of the molecule is COc1ccc2cc(C(=O)c3cc4ccc(OC)cc4oc3=O)c(=O)oc2c1.O=C(c1cc2cc(Cl)ccc2oc1=O)c1cc2cc(Cl)ccc2oc1=O.O=c1oc2ccccc2c(O)c1Cc1c(O)c2ccccc2oc1=O.O=c1oc2ccccc2cc1Cc1c(O)c2ccccc2oc1=O.O=c1oc2cccnc2c(O)c1Cc1c(O)c2ncccc2oc1=O. The number of carbonyl (C=O) groups excluding carboxylic acids is 2. The molecule has 31 nitrogen and oxygen atoms in total. The van der Waals surface area contributed by atoms with Gasteiger partial charge in [-0.25, -0.2) is 57.9 Å². The Labute approximate surface area is 720 Å². The number of ketones is 2. The molecule has 0 radical (unpaired) electrons. The number of benzene rings is 8. The summed E-state index contributed by atoms with van der Waals surface area (Å²) in [5, 5.41) is 56.6. The Bertz CT molecular complexity index is 8060. The zero-order valence-corrected chi connectivity index (χ0v) is 67.3. The molecule has 0 aliphatic carbocycles. The summed E-state index contributed by atoms with van der Waals surface area (Å²) in [7, 11) is 2.98. The molecule has 20 rings (SSSR count). The molecular formula is C95H56Cl2N2O29. The molecule has 20 aromatic rings. The van der Waals surface area contributed by atoms with E-state index in [0.717, 1.165) is 5.39 Å². The summed E-state index contributed by atoms with van der Waals surface area (Å²) in [6.45, 7) is 0. The van der Waals surface area contributed by atoms with Crippen LogP contribution in [-0.4, -0.2) is 61.3 Å². The smallest absolute Gasteiger partial charge is 0.347 e. The summed E-state index contributed by atoms with van der Waals surface area (Å²) in [4.78, 5) is 156. The monoisotopic (exact) mass is 1760 g/mol. The maximum atomic E-state index is 12.9. The van der Waals surface area contributed by atoms with E-state index in [2.05, 4.69) is 9.97 Å². The van der Waals surface area contributed by atoms with E-state index in [1.165, 1.54) is 75.1 Å². The highest BCUT2D eigenvalue weighted by atomic mass is 35.5. The summed E-state index contributed by atoms with van der Waals surface area (Å²) in [6.07, 6.45) is 2.10. The van der Waals surface area contributed by atoms with Crippen LogP contribution in [0.15, 0.2) is 329 Å². The highest BCUT2D eigenvalue weighted by molar-refractivity contribution is 6.31. The number of hydrogen-bond donors (Lipinski definition) is 5. The maximum absolute atomic E-state index is 12.9. The number of ether oxygens (including phenoxy) is 2. The quantitative estimate of drug-likeness (QED) is 0.0560. The molecule has 0 bridgehead atoms. The lowest BCUT2D eigenvalue weighted by Crippen LogP contribution is -2.20. The largest absolute Gasteiger partial charge is 0.507 e. The first-order valence-electron chi connectivity index (χ1n) is 37.9. The van der Waals surface area contributed by atoms with Crippen LogP contribution in [-0.2, 0) is 19.3 Å². The lowest BCUT2D eigenvalue weighted by atomic mass is 10.0. The van der Waals surface area contributed by atoms with Crippen LogP contribution >= 0.6 is 23.2 Å². The average molecular weight is 1760 g/mol. The fourth-order valence-corrected chi connectivity index (χ4v) is 14.1. The number of aromatic nitrogens is 2. The molecule has 634 valence electrons. The molecule has 5 N–H and O–H groups in total. The van der Waals surface area contributed by atoms with Gasteiger partial charge in [-0.1, -0.05) is 77.8 Å². The van der Waals surface area contributed by atoms with Crippen molar-refractivity contribution in [3.8, 4) is 40.2 Å². The van der Waals surface area contributed by atoms with Crippen molar-refractivity contribution in [1.82, 2.24) is 9.97 Å². The van der Waals surface area contributed by atoms with Crippen LogP contribution in [0.25, 0.3) is 110 Å². The number of rotatable bonds is 12. The van der Waals surface area contributed by atoms with Gasteiger partial charge in [0, 0.05) is 86.3 Å². The van der Waals surface area contributed by atoms with Crippen LogP contribution in [0.4, 0.5) is 0 Å². The summed E-state index contributed by atoms with van der Waals surface area (Å²) in [5.74, 6) is -2.08. The van der Waals surface area contributed by atoms with Gasteiger partial charge in [0.05, 0.1) is 58.2 Å². The minimum atomic E-state index is -0.851. The lowest BCUT2D eigenvalue weighted by Gasteiger charge is -2.08. The number of pyridine rings is 2. The van der Waals surface area contributed by atoms with Crippen molar-refractivity contribution in [2.24, 2.45) is 0 Å². The van der Waals surface area contributed by atoms with Crippen molar-refractivity contribution in [1.29, 1.82) is 0 Å². The number of nitrogens with zero attached hydrogens (tertiary/aromatic N) is 2. The molecule has 8 aromatic carbocycles. The van der Waals surface area contributed by atoms with Gasteiger partial charge in [-0.15, -0.1) is 0 Å². The first-order valence-corrected chi connectivity index (χ1v) is 38.7. The number of aromatic hydroxyl groups is 5. The highest BCUT2D eigenvalue weighted by Gasteiger charge is 2.27. The number of hydrogen-bond acceptors (Lipinski definition) is 31. The zero-order chi connectivity index (χ0) is 90.0. The molecule has 12 aromatic heterocycles. The van der Waals surface area contributed by atoms with Gasteiger partial charge in [0.25, 0.3) is 0 Å². The summed E-state index contributed by atoms with van der Waals surface area (Å²) in [6, 6.07) is 59.1. The van der Waals surface area contributed by atoms with Crippen LogP contribution in [0.3, 0.4) is 0 Å². The third kappa shape index (κ3) is 16.9. The Balaban J connectivity index is 0.000000118. The third-order valence-corrected chi connectivity index (χ3v) is 20.6. The minimum Gasteiger partial charge on any atom is -0.507 e. The third-order valence-electron chi connectivity index (χ3n) is 20.1. The Morgan fingerprint density at radius 3 is 0.969 bits per heavy atom. The van der Waals surface area contributed by atoms with Gasteiger partial charge in [-0.2, -0.15) is 0 Å². The Kier molecular flexibility index (Phi) is 23.2. The van der Waals surface area contributed by atoms with E-state index in [1.54, 1.807) is 164 Å². The van der Waals surface area contributed by atoms with Gasteiger partial charge in [-0.3, -0.25) is 9.59 Å². The molecule has 0 amide bonds. The van der Waals surface area contributed by atoms with Gasteiger partial charge < -0.3 is 79.2 Å². The van der Waals surface area contributed by atoms with Crippen LogP contribution in [0, 0.1) is 0 Å². The van der Waals surface area contributed by atoms with E-state index in [9.17, 15) is 83.1 Å². The van der Waals surface area contributed by atoms with Crippen LogP contribution in [0.2, 0.25) is 10.0 Å². The Hall–Kier alpha value is -17.3. The molecule has 33 heteroatoms. The number of methoxy groups -OCH3 is 2. The van der Waals surface area contributed by atoms with E-state index in [0.29, 0.717) is 70.4 Å². The first-order chi connectivity index (χ1) is 61.7. The first kappa shape index (κ1) is 84.3.